The fraction of sp³-hybridized carbons (Fsp3) is 0.100. The predicted octanol–water partition coefficient (Wildman–Crippen LogP) is 4.32. The van der Waals surface area contributed by atoms with Gasteiger partial charge in [0.05, 0.1) is 11.1 Å². The highest BCUT2D eigenvalue weighted by molar-refractivity contribution is 8.76. The van der Waals surface area contributed by atoms with E-state index in [0.29, 0.717) is 24.2 Å². The number of carbonyl (C=O) groups excluding carboxylic acids is 2. The number of carbonyl (C=O) groups is 2. The third kappa shape index (κ3) is 5.54. The molecule has 2 rings (SSSR count). The maximum Gasteiger partial charge on any atom is 0.252 e. The summed E-state index contributed by atoms with van der Waals surface area (Å²) < 4.78 is 0. The molecule has 0 saturated carbocycles. The van der Waals surface area contributed by atoms with Crippen molar-refractivity contribution in [3.8, 4) is 0 Å². The van der Waals surface area contributed by atoms with Gasteiger partial charge in [-0.15, -0.1) is 13.2 Å². The van der Waals surface area contributed by atoms with Crippen LogP contribution < -0.4 is 10.6 Å². The van der Waals surface area contributed by atoms with Crippen LogP contribution in [0, 0.1) is 0 Å². The molecule has 2 aromatic rings. The van der Waals surface area contributed by atoms with Crippen LogP contribution in [0.1, 0.15) is 20.7 Å². The van der Waals surface area contributed by atoms with Gasteiger partial charge in [-0.1, -0.05) is 58.0 Å². The van der Waals surface area contributed by atoms with Crippen molar-refractivity contribution < 1.29 is 9.59 Å². The number of benzene rings is 2. The lowest BCUT2D eigenvalue weighted by molar-refractivity contribution is 0.0947. The van der Waals surface area contributed by atoms with E-state index in [1.165, 1.54) is 21.6 Å². The molecule has 4 nitrogen and oxygen atoms in total. The molecule has 0 radical (unpaired) electrons. The van der Waals surface area contributed by atoms with Crippen LogP contribution in [0.2, 0.25) is 0 Å². The van der Waals surface area contributed by atoms with Crippen LogP contribution >= 0.6 is 21.6 Å². The van der Waals surface area contributed by atoms with Crippen LogP contribution in [0.5, 0.6) is 0 Å². The number of nitrogens with one attached hydrogen (secondary N) is 2. The second kappa shape index (κ2) is 10.5. The molecule has 0 aliphatic rings. The summed E-state index contributed by atoms with van der Waals surface area (Å²) in [7, 11) is 2.89. The van der Waals surface area contributed by atoms with Gasteiger partial charge in [-0.25, -0.2) is 0 Å². The van der Waals surface area contributed by atoms with E-state index in [9.17, 15) is 9.59 Å². The minimum Gasteiger partial charge on any atom is -0.349 e. The van der Waals surface area contributed by atoms with Gasteiger partial charge in [0, 0.05) is 22.9 Å². The van der Waals surface area contributed by atoms with Crippen molar-refractivity contribution in [3.63, 3.8) is 0 Å². The average molecular weight is 385 g/mol. The fourth-order valence-corrected chi connectivity index (χ4v) is 4.42. The summed E-state index contributed by atoms with van der Waals surface area (Å²) in [6.45, 7) is 8.04. The van der Waals surface area contributed by atoms with E-state index in [4.69, 9.17) is 0 Å². The Bertz CT molecular complexity index is 738. The van der Waals surface area contributed by atoms with E-state index in [2.05, 4.69) is 23.8 Å². The summed E-state index contributed by atoms with van der Waals surface area (Å²) in [4.78, 5) is 26.2. The van der Waals surface area contributed by atoms with Crippen molar-refractivity contribution in [2.75, 3.05) is 13.1 Å². The van der Waals surface area contributed by atoms with Gasteiger partial charge in [-0.05, 0) is 24.3 Å². The van der Waals surface area contributed by atoms with Crippen molar-refractivity contribution in [3.05, 3.63) is 85.0 Å². The molecule has 0 aliphatic heterocycles. The zero-order valence-electron chi connectivity index (χ0n) is 14.2. The zero-order chi connectivity index (χ0) is 18.8. The smallest absolute Gasteiger partial charge is 0.252 e. The Balaban J connectivity index is 2.15. The molecule has 0 heterocycles. The second-order valence-corrected chi connectivity index (χ2v) is 7.37. The van der Waals surface area contributed by atoms with Crippen molar-refractivity contribution in [1.29, 1.82) is 0 Å². The maximum atomic E-state index is 12.3. The van der Waals surface area contributed by atoms with Crippen molar-refractivity contribution in [2.45, 2.75) is 9.79 Å². The third-order valence-corrected chi connectivity index (χ3v) is 5.78. The zero-order valence-corrected chi connectivity index (χ0v) is 15.9. The maximum absolute atomic E-state index is 12.3. The molecule has 0 fully saturated rings. The molecule has 0 atom stereocenters. The predicted molar refractivity (Wildman–Crippen MR) is 110 cm³/mol. The molecule has 0 saturated heterocycles. The molecule has 0 aromatic heterocycles. The lowest BCUT2D eigenvalue weighted by Gasteiger charge is -2.11. The highest BCUT2D eigenvalue weighted by Gasteiger charge is 2.14. The Kier molecular flexibility index (Phi) is 8.05. The molecule has 0 bridgehead atoms. The topological polar surface area (TPSA) is 58.2 Å². The van der Waals surface area contributed by atoms with E-state index in [1.807, 2.05) is 36.4 Å². The van der Waals surface area contributed by atoms with Crippen molar-refractivity contribution in [1.82, 2.24) is 10.6 Å². The summed E-state index contributed by atoms with van der Waals surface area (Å²) >= 11 is 0. The Labute approximate surface area is 161 Å². The van der Waals surface area contributed by atoms with Crippen molar-refractivity contribution in [2.24, 2.45) is 0 Å². The van der Waals surface area contributed by atoms with Crippen LogP contribution in [-0.2, 0) is 0 Å². The van der Waals surface area contributed by atoms with E-state index >= 15 is 0 Å². The minimum atomic E-state index is -0.148. The summed E-state index contributed by atoms with van der Waals surface area (Å²) in [6.07, 6.45) is 3.28. The highest BCUT2D eigenvalue weighted by atomic mass is 33.1. The SMILES string of the molecule is C=CCNC(=O)c1ccccc1SSc1ccccc1C(=O)NCC=C. The normalized spacial score (nSPS) is 10.0. The number of hydrogen-bond donors (Lipinski definition) is 2. The summed E-state index contributed by atoms with van der Waals surface area (Å²) in [5.74, 6) is -0.295. The highest BCUT2D eigenvalue weighted by Crippen LogP contribution is 2.40. The van der Waals surface area contributed by atoms with Gasteiger partial charge in [0.15, 0.2) is 0 Å². The number of rotatable bonds is 9. The lowest BCUT2D eigenvalue weighted by atomic mass is 10.2. The van der Waals surface area contributed by atoms with Gasteiger partial charge in [-0.3, -0.25) is 9.59 Å². The van der Waals surface area contributed by atoms with Gasteiger partial charge < -0.3 is 10.6 Å². The van der Waals surface area contributed by atoms with Gasteiger partial charge in [-0.2, -0.15) is 0 Å². The van der Waals surface area contributed by atoms with Crippen LogP contribution in [-0.4, -0.2) is 24.9 Å². The average Bonchev–Trinajstić information content (AvgIpc) is 2.69. The Morgan fingerprint density at radius 1 is 0.769 bits per heavy atom. The van der Waals surface area contributed by atoms with Crippen LogP contribution in [0.25, 0.3) is 0 Å². The molecular weight excluding hydrogens is 364 g/mol. The Hall–Kier alpha value is -2.44. The first-order chi connectivity index (χ1) is 12.7. The quantitative estimate of drug-likeness (QED) is 0.499. The summed E-state index contributed by atoms with van der Waals surface area (Å²) in [5, 5.41) is 5.57. The van der Waals surface area contributed by atoms with Gasteiger partial charge >= 0.3 is 0 Å². The van der Waals surface area contributed by atoms with Crippen LogP contribution in [0.4, 0.5) is 0 Å². The molecule has 0 spiro atoms. The van der Waals surface area contributed by atoms with Crippen LogP contribution in [0.3, 0.4) is 0 Å². The van der Waals surface area contributed by atoms with Gasteiger partial charge in [0.25, 0.3) is 11.8 Å². The minimum absolute atomic E-state index is 0.148. The van der Waals surface area contributed by atoms with E-state index in [1.54, 1.807) is 24.3 Å². The largest absolute Gasteiger partial charge is 0.349 e. The summed E-state index contributed by atoms with van der Waals surface area (Å²) in [5.41, 5.74) is 1.20. The molecule has 0 aliphatic carbocycles. The van der Waals surface area contributed by atoms with Gasteiger partial charge in [0.1, 0.15) is 0 Å². The molecule has 2 N–H and O–H groups in total. The standard InChI is InChI=1S/C20H20N2O2S2/c1-3-13-21-19(23)15-9-5-7-11-17(15)25-26-18-12-8-6-10-16(18)20(24)22-14-4-2/h3-12H,1-2,13-14H2,(H,21,23)(H,22,24). The summed E-state index contributed by atoms with van der Waals surface area (Å²) in [6, 6.07) is 14.8. The monoisotopic (exact) mass is 384 g/mol. The molecule has 0 unspecified atom stereocenters. The second-order valence-electron chi connectivity index (χ2n) is 5.16. The molecule has 2 aromatic carbocycles. The molecule has 6 heteroatoms. The first kappa shape index (κ1) is 19.9. The van der Waals surface area contributed by atoms with Crippen LogP contribution in [0.15, 0.2) is 83.6 Å². The first-order valence-electron chi connectivity index (χ1n) is 7.98. The Morgan fingerprint density at radius 3 is 1.54 bits per heavy atom. The molecule has 26 heavy (non-hydrogen) atoms. The van der Waals surface area contributed by atoms with E-state index < -0.39 is 0 Å². The van der Waals surface area contributed by atoms with Crippen molar-refractivity contribution >= 4 is 33.4 Å². The first-order valence-corrected chi connectivity index (χ1v) is 10.1. The third-order valence-electron chi connectivity index (χ3n) is 3.30. The number of amides is 2. The Morgan fingerprint density at radius 2 is 1.15 bits per heavy atom. The molecule has 2 amide bonds. The lowest BCUT2D eigenvalue weighted by Crippen LogP contribution is -2.23. The molecule has 134 valence electrons. The molecular formula is C20H20N2O2S2. The fourth-order valence-electron chi connectivity index (χ4n) is 2.06. The van der Waals surface area contributed by atoms with E-state index in [-0.39, 0.29) is 11.8 Å². The number of hydrogen-bond acceptors (Lipinski definition) is 4. The van der Waals surface area contributed by atoms with Gasteiger partial charge in [0.2, 0.25) is 0 Å². The van der Waals surface area contributed by atoms with E-state index in [0.717, 1.165) is 9.79 Å².